The zero-order valence-corrected chi connectivity index (χ0v) is 6.71. The van der Waals surface area contributed by atoms with Crippen molar-refractivity contribution in [3.05, 3.63) is 47.9 Å². The summed E-state index contributed by atoms with van der Waals surface area (Å²) in [6.07, 6.45) is 2.94. The van der Waals surface area contributed by atoms with E-state index in [2.05, 4.69) is 16.3 Å². The van der Waals surface area contributed by atoms with Crippen molar-refractivity contribution in [2.24, 2.45) is 0 Å². The molecule has 1 radical (unpaired) electrons. The maximum atomic E-state index is 11.2. The lowest BCUT2D eigenvalue weighted by Crippen LogP contribution is -2.28. The van der Waals surface area contributed by atoms with Crippen LogP contribution in [0.25, 0.3) is 11.4 Å². The predicted molar refractivity (Wildman–Crippen MR) is 45.3 cm³/mol. The Labute approximate surface area is 75.1 Å². The van der Waals surface area contributed by atoms with Gasteiger partial charge in [0, 0.05) is 18.3 Å². The van der Waals surface area contributed by atoms with Crippen molar-refractivity contribution < 1.29 is 4.73 Å². The van der Waals surface area contributed by atoms with Crippen molar-refractivity contribution in [2.75, 3.05) is 0 Å². The average Bonchev–Trinajstić information content (AvgIpc) is 2.20. The first-order valence-corrected chi connectivity index (χ1v) is 3.75. The second-order valence-corrected chi connectivity index (χ2v) is 2.45. The van der Waals surface area contributed by atoms with Crippen molar-refractivity contribution in [1.82, 2.24) is 10.2 Å². The Morgan fingerprint density at radius 2 is 2.38 bits per heavy atom. The number of nitrogens with zero attached hydrogens (tertiary/aromatic N) is 3. The second kappa shape index (κ2) is 3.18. The van der Waals surface area contributed by atoms with Crippen molar-refractivity contribution in [3.8, 4) is 11.4 Å². The van der Waals surface area contributed by atoms with E-state index in [1.54, 1.807) is 30.5 Å². The van der Waals surface area contributed by atoms with Crippen LogP contribution in [0.4, 0.5) is 0 Å². The lowest BCUT2D eigenvalue weighted by atomic mass is 10.2. The smallest absolute Gasteiger partial charge is 0.244 e. The number of hydrogen-bond donors (Lipinski definition) is 0. The minimum absolute atomic E-state index is 0.454. The molecular weight excluding hydrogens is 166 g/mol. The molecular formula is C9H6N3O. The fraction of sp³-hybridized carbons (Fsp3) is 0. The SMILES string of the molecule is [O-][n+]1cc[c]cc1-c1cccnn1. The summed E-state index contributed by atoms with van der Waals surface area (Å²) in [5.41, 5.74) is 1.00. The van der Waals surface area contributed by atoms with Crippen molar-refractivity contribution in [2.45, 2.75) is 0 Å². The van der Waals surface area contributed by atoms with Crippen LogP contribution < -0.4 is 4.73 Å². The van der Waals surface area contributed by atoms with Gasteiger partial charge in [0.2, 0.25) is 5.69 Å². The molecule has 2 heterocycles. The normalized spacial score (nSPS) is 9.85. The largest absolute Gasteiger partial charge is 0.618 e. The third-order valence-electron chi connectivity index (χ3n) is 1.60. The standard InChI is InChI=1S/C9H6N3O/c13-12-7-2-1-5-9(12)8-4-3-6-10-11-8/h2-7H. The van der Waals surface area contributed by atoms with Crippen LogP contribution in [-0.4, -0.2) is 10.2 Å². The highest BCUT2D eigenvalue weighted by atomic mass is 16.5. The molecule has 0 aliphatic rings. The van der Waals surface area contributed by atoms with Crippen LogP contribution in [0.5, 0.6) is 0 Å². The molecule has 63 valence electrons. The molecule has 0 aromatic carbocycles. The molecule has 0 aliphatic heterocycles. The minimum Gasteiger partial charge on any atom is -0.618 e. The lowest BCUT2D eigenvalue weighted by molar-refractivity contribution is -0.593. The highest BCUT2D eigenvalue weighted by molar-refractivity contribution is 5.48. The van der Waals surface area contributed by atoms with Gasteiger partial charge in [-0.3, -0.25) is 0 Å². The molecule has 4 heteroatoms. The Hall–Kier alpha value is -1.97. The number of aromatic nitrogens is 3. The van der Waals surface area contributed by atoms with Crippen LogP contribution in [0.15, 0.2) is 36.7 Å². The van der Waals surface area contributed by atoms with E-state index in [1.165, 1.54) is 6.20 Å². The Morgan fingerprint density at radius 1 is 1.46 bits per heavy atom. The molecule has 0 N–H and O–H groups in total. The summed E-state index contributed by atoms with van der Waals surface area (Å²) < 4.78 is 0.737. The first kappa shape index (κ1) is 7.67. The van der Waals surface area contributed by atoms with Gasteiger partial charge in [0.1, 0.15) is 0 Å². The van der Waals surface area contributed by atoms with Gasteiger partial charge < -0.3 is 5.21 Å². The number of rotatable bonds is 1. The van der Waals surface area contributed by atoms with Crippen LogP contribution >= 0.6 is 0 Å². The monoisotopic (exact) mass is 172 g/mol. The average molecular weight is 172 g/mol. The number of pyridine rings is 1. The van der Waals surface area contributed by atoms with Gasteiger partial charge in [0.05, 0.1) is 0 Å². The molecule has 0 fully saturated rings. The fourth-order valence-electron chi connectivity index (χ4n) is 1.01. The Kier molecular flexibility index (Phi) is 1.88. The van der Waals surface area contributed by atoms with E-state index in [1.807, 2.05) is 0 Å². The molecule has 13 heavy (non-hydrogen) atoms. The van der Waals surface area contributed by atoms with Crippen LogP contribution in [-0.2, 0) is 0 Å². The van der Waals surface area contributed by atoms with Gasteiger partial charge in [0.15, 0.2) is 11.9 Å². The molecule has 0 saturated carbocycles. The van der Waals surface area contributed by atoms with Gasteiger partial charge in [-0.05, 0) is 18.2 Å². The summed E-state index contributed by atoms with van der Waals surface area (Å²) in [4.78, 5) is 0. The first-order chi connectivity index (χ1) is 6.38. The van der Waals surface area contributed by atoms with Gasteiger partial charge in [-0.15, -0.1) is 5.10 Å². The summed E-state index contributed by atoms with van der Waals surface area (Å²) in [7, 11) is 0. The summed E-state index contributed by atoms with van der Waals surface area (Å²) in [6.45, 7) is 0. The lowest BCUT2D eigenvalue weighted by Gasteiger charge is -2.00. The molecule has 2 aromatic rings. The molecule has 0 amide bonds. The summed E-state index contributed by atoms with van der Waals surface area (Å²) in [6, 6.07) is 9.40. The molecule has 0 atom stereocenters. The van der Waals surface area contributed by atoms with E-state index in [-0.39, 0.29) is 0 Å². The van der Waals surface area contributed by atoms with E-state index in [4.69, 9.17) is 0 Å². The predicted octanol–water partition coefficient (Wildman–Crippen LogP) is 0.577. The Bertz CT molecular complexity index is 403. The van der Waals surface area contributed by atoms with Gasteiger partial charge in [-0.25, -0.2) is 0 Å². The van der Waals surface area contributed by atoms with Gasteiger partial charge in [-0.1, -0.05) is 0 Å². The van der Waals surface area contributed by atoms with Crippen molar-refractivity contribution >= 4 is 0 Å². The molecule has 4 nitrogen and oxygen atoms in total. The van der Waals surface area contributed by atoms with E-state index in [9.17, 15) is 5.21 Å². The van der Waals surface area contributed by atoms with Gasteiger partial charge >= 0.3 is 0 Å². The summed E-state index contributed by atoms with van der Waals surface area (Å²) in [5, 5.41) is 18.8. The Morgan fingerprint density at radius 3 is 3.08 bits per heavy atom. The summed E-state index contributed by atoms with van der Waals surface area (Å²) >= 11 is 0. The molecule has 2 aromatic heterocycles. The molecule has 0 unspecified atom stereocenters. The number of hydrogen-bond acceptors (Lipinski definition) is 3. The maximum absolute atomic E-state index is 11.2. The zero-order valence-electron chi connectivity index (χ0n) is 6.71. The van der Waals surface area contributed by atoms with E-state index < -0.39 is 0 Å². The fourth-order valence-corrected chi connectivity index (χ4v) is 1.01. The highest BCUT2D eigenvalue weighted by Crippen LogP contribution is 2.08. The van der Waals surface area contributed by atoms with Crippen LogP contribution in [0.3, 0.4) is 0 Å². The third-order valence-corrected chi connectivity index (χ3v) is 1.60. The van der Waals surface area contributed by atoms with Crippen LogP contribution in [0.2, 0.25) is 0 Å². The molecule has 0 bridgehead atoms. The van der Waals surface area contributed by atoms with E-state index >= 15 is 0 Å². The van der Waals surface area contributed by atoms with E-state index in [0.29, 0.717) is 11.4 Å². The molecule has 0 aliphatic carbocycles. The molecule has 2 rings (SSSR count). The molecule has 0 spiro atoms. The van der Waals surface area contributed by atoms with Gasteiger partial charge in [0.25, 0.3) is 0 Å². The van der Waals surface area contributed by atoms with Crippen molar-refractivity contribution in [3.63, 3.8) is 0 Å². The maximum Gasteiger partial charge on any atom is 0.244 e. The summed E-state index contributed by atoms with van der Waals surface area (Å²) in [5.74, 6) is 0. The van der Waals surface area contributed by atoms with Crippen LogP contribution in [0.1, 0.15) is 0 Å². The quantitative estimate of drug-likeness (QED) is 0.467. The van der Waals surface area contributed by atoms with Crippen molar-refractivity contribution in [1.29, 1.82) is 0 Å². The topological polar surface area (TPSA) is 52.7 Å². The second-order valence-electron chi connectivity index (χ2n) is 2.45. The Balaban J connectivity index is 2.54. The van der Waals surface area contributed by atoms with Crippen LogP contribution in [0, 0.1) is 11.3 Å². The third kappa shape index (κ3) is 1.46. The first-order valence-electron chi connectivity index (χ1n) is 3.75. The minimum atomic E-state index is 0.454. The zero-order chi connectivity index (χ0) is 9.10. The van der Waals surface area contributed by atoms with Gasteiger partial charge in [-0.2, -0.15) is 9.83 Å². The van der Waals surface area contributed by atoms with E-state index in [0.717, 1.165) is 4.73 Å². The highest BCUT2D eigenvalue weighted by Gasteiger charge is 2.07. The molecule has 0 saturated heterocycles.